The Morgan fingerprint density at radius 1 is 1.07 bits per heavy atom. The maximum atomic E-state index is 13.1. The molecule has 4 rings (SSSR count). The molecule has 138 valence electrons. The van der Waals surface area contributed by atoms with E-state index in [0.717, 1.165) is 28.8 Å². The number of carbonyl (C=O) groups is 2. The third kappa shape index (κ3) is 3.15. The average molecular weight is 382 g/mol. The Morgan fingerprint density at radius 3 is 2.52 bits per heavy atom. The molecule has 5 heteroatoms. The summed E-state index contributed by atoms with van der Waals surface area (Å²) in [6.07, 6.45) is 2.15. The Morgan fingerprint density at radius 2 is 1.81 bits per heavy atom. The lowest BCUT2D eigenvalue weighted by Crippen LogP contribution is -2.40. The van der Waals surface area contributed by atoms with E-state index < -0.39 is 0 Å². The third-order valence-corrected chi connectivity index (χ3v) is 5.79. The highest BCUT2D eigenvalue weighted by atomic mass is 35.5. The number of amides is 1. The van der Waals surface area contributed by atoms with E-state index in [9.17, 15) is 14.7 Å². The topological polar surface area (TPSA) is 57.6 Å². The zero-order chi connectivity index (χ0) is 19.1. The van der Waals surface area contributed by atoms with Crippen molar-refractivity contribution < 1.29 is 14.7 Å². The second-order valence-corrected chi connectivity index (χ2v) is 7.56. The summed E-state index contributed by atoms with van der Waals surface area (Å²) in [6.45, 7) is 1.92. The maximum Gasteiger partial charge on any atom is 0.232 e. The van der Waals surface area contributed by atoms with E-state index in [2.05, 4.69) is 0 Å². The number of hydrogen-bond acceptors (Lipinski definition) is 3. The first-order valence-corrected chi connectivity index (χ1v) is 9.48. The molecule has 27 heavy (non-hydrogen) atoms. The van der Waals surface area contributed by atoms with Crippen molar-refractivity contribution in [1.29, 1.82) is 0 Å². The van der Waals surface area contributed by atoms with Crippen LogP contribution in [0.1, 0.15) is 42.7 Å². The van der Waals surface area contributed by atoms with Gasteiger partial charge in [0.25, 0.3) is 0 Å². The molecule has 1 atom stereocenters. The largest absolute Gasteiger partial charge is 0.508 e. The minimum atomic E-state index is -0.266. The van der Waals surface area contributed by atoms with Crippen LogP contribution in [-0.2, 0) is 9.59 Å². The zero-order valence-corrected chi connectivity index (χ0v) is 15.8. The number of carbonyl (C=O) groups excluding carboxylic acids is 2. The number of ketones is 1. The van der Waals surface area contributed by atoms with Crippen molar-refractivity contribution in [2.45, 2.75) is 38.5 Å². The number of anilines is 1. The number of aryl methyl sites for hydroxylation is 1. The molecule has 0 saturated heterocycles. The summed E-state index contributed by atoms with van der Waals surface area (Å²) in [4.78, 5) is 27.6. The minimum absolute atomic E-state index is 0.0403. The molecule has 1 aliphatic heterocycles. The van der Waals surface area contributed by atoms with E-state index in [4.69, 9.17) is 11.6 Å². The number of Topliss-reactive ketones (excluding diaryl/α,β-unsaturated/α-hetero) is 1. The van der Waals surface area contributed by atoms with Crippen molar-refractivity contribution in [1.82, 2.24) is 0 Å². The van der Waals surface area contributed by atoms with Crippen molar-refractivity contribution >= 4 is 29.0 Å². The predicted octanol–water partition coefficient (Wildman–Crippen LogP) is 4.88. The Kier molecular flexibility index (Phi) is 4.52. The fraction of sp³-hybridized carbons (Fsp3) is 0.273. The van der Waals surface area contributed by atoms with Gasteiger partial charge in [0, 0.05) is 35.1 Å². The van der Waals surface area contributed by atoms with Crippen LogP contribution in [0.2, 0.25) is 5.02 Å². The zero-order valence-electron chi connectivity index (χ0n) is 15.0. The lowest BCUT2D eigenvalue weighted by molar-refractivity contribution is -0.119. The molecule has 0 fully saturated rings. The second-order valence-electron chi connectivity index (χ2n) is 7.15. The smallest absolute Gasteiger partial charge is 0.232 e. The van der Waals surface area contributed by atoms with Crippen LogP contribution < -0.4 is 4.90 Å². The van der Waals surface area contributed by atoms with Gasteiger partial charge in [0.2, 0.25) is 5.91 Å². The number of rotatable bonds is 2. The van der Waals surface area contributed by atoms with Crippen molar-refractivity contribution in [2.75, 3.05) is 4.90 Å². The number of benzene rings is 2. The molecule has 0 bridgehead atoms. The summed E-state index contributed by atoms with van der Waals surface area (Å²) in [5, 5.41) is 10.2. The fourth-order valence-electron chi connectivity index (χ4n) is 4.00. The van der Waals surface area contributed by atoms with Crippen LogP contribution in [0.4, 0.5) is 5.69 Å². The maximum absolute atomic E-state index is 13.1. The molecule has 0 spiro atoms. The summed E-state index contributed by atoms with van der Waals surface area (Å²) in [5.41, 5.74) is 4.05. The van der Waals surface area contributed by atoms with Crippen LogP contribution in [0.25, 0.3) is 0 Å². The lowest BCUT2D eigenvalue weighted by atomic mass is 9.77. The number of phenols is 1. The van der Waals surface area contributed by atoms with E-state index in [1.54, 1.807) is 35.2 Å². The summed E-state index contributed by atoms with van der Waals surface area (Å²) >= 11 is 6.28. The van der Waals surface area contributed by atoms with E-state index in [1.807, 2.05) is 19.1 Å². The van der Waals surface area contributed by atoms with Crippen LogP contribution in [-0.4, -0.2) is 16.8 Å². The molecule has 1 N–H and O–H groups in total. The highest BCUT2D eigenvalue weighted by molar-refractivity contribution is 6.31. The van der Waals surface area contributed by atoms with Gasteiger partial charge in [-0.2, -0.15) is 0 Å². The van der Waals surface area contributed by atoms with Crippen LogP contribution >= 0.6 is 11.6 Å². The molecule has 0 aromatic heterocycles. The Labute approximate surface area is 163 Å². The molecule has 1 heterocycles. The molecule has 1 amide bonds. The van der Waals surface area contributed by atoms with E-state index in [-0.39, 0.29) is 29.8 Å². The first-order valence-electron chi connectivity index (χ1n) is 9.10. The summed E-state index contributed by atoms with van der Waals surface area (Å²) in [7, 11) is 0. The summed E-state index contributed by atoms with van der Waals surface area (Å²) in [5.74, 6) is -0.0365. The normalized spacial score (nSPS) is 20.1. The molecule has 1 aliphatic carbocycles. The third-order valence-electron chi connectivity index (χ3n) is 5.38. The molecule has 2 aromatic rings. The van der Waals surface area contributed by atoms with Gasteiger partial charge in [-0.25, -0.2) is 0 Å². The summed E-state index contributed by atoms with van der Waals surface area (Å²) in [6, 6.07) is 12.3. The molecule has 4 nitrogen and oxygen atoms in total. The monoisotopic (exact) mass is 381 g/mol. The van der Waals surface area contributed by atoms with Gasteiger partial charge in [-0.15, -0.1) is 0 Å². The second kappa shape index (κ2) is 6.86. The number of hydrogen-bond donors (Lipinski definition) is 1. The van der Waals surface area contributed by atoms with Crippen LogP contribution in [0.3, 0.4) is 0 Å². The number of halogens is 1. The van der Waals surface area contributed by atoms with E-state index in [0.29, 0.717) is 23.6 Å². The van der Waals surface area contributed by atoms with Gasteiger partial charge >= 0.3 is 0 Å². The quantitative estimate of drug-likeness (QED) is 0.806. The highest BCUT2D eigenvalue weighted by Gasteiger charge is 2.39. The molecule has 2 aromatic carbocycles. The molecule has 0 radical (unpaired) electrons. The SMILES string of the molecule is Cc1ccc(N2C(=O)CC(c3ccc(O)cc3)C3=C2CCCC3=O)cc1Cl. The lowest BCUT2D eigenvalue weighted by Gasteiger charge is -2.38. The molecular weight excluding hydrogens is 362 g/mol. The van der Waals surface area contributed by atoms with Gasteiger partial charge in [-0.3, -0.25) is 14.5 Å². The number of allylic oxidation sites excluding steroid dienone is 2. The van der Waals surface area contributed by atoms with Gasteiger partial charge in [0.1, 0.15) is 5.75 Å². The molecule has 2 aliphatic rings. The van der Waals surface area contributed by atoms with Crippen molar-refractivity contribution in [3.63, 3.8) is 0 Å². The molecule has 0 saturated carbocycles. The average Bonchev–Trinajstić information content (AvgIpc) is 2.64. The number of phenolic OH excluding ortho intramolecular Hbond substituents is 1. The van der Waals surface area contributed by atoms with Gasteiger partial charge < -0.3 is 5.11 Å². The van der Waals surface area contributed by atoms with Crippen molar-refractivity contribution in [3.05, 3.63) is 69.9 Å². The van der Waals surface area contributed by atoms with Gasteiger partial charge in [0.05, 0.1) is 5.69 Å². The van der Waals surface area contributed by atoms with Crippen LogP contribution in [0.5, 0.6) is 5.75 Å². The first-order chi connectivity index (χ1) is 13.0. The van der Waals surface area contributed by atoms with Gasteiger partial charge in [-0.05, 0) is 55.2 Å². The Bertz CT molecular complexity index is 962. The summed E-state index contributed by atoms with van der Waals surface area (Å²) < 4.78 is 0. The minimum Gasteiger partial charge on any atom is -0.508 e. The van der Waals surface area contributed by atoms with Crippen LogP contribution in [0, 0.1) is 6.92 Å². The van der Waals surface area contributed by atoms with Gasteiger partial charge in [-0.1, -0.05) is 29.8 Å². The number of aromatic hydroxyl groups is 1. The number of nitrogens with zero attached hydrogens (tertiary/aromatic N) is 1. The predicted molar refractivity (Wildman–Crippen MR) is 105 cm³/mol. The Hall–Kier alpha value is -2.59. The van der Waals surface area contributed by atoms with E-state index in [1.165, 1.54) is 0 Å². The highest BCUT2D eigenvalue weighted by Crippen LogP contribution is 2.44. The molecule has 1 unspecified atom stereocenters. The molecular formula is C22H20ClNO3. The first kappa shape index (κ1) is 17.8. The van der Waals surface area contributed by atoms with Crippen molar-refractivity contribution in [2.24, 2.45) is 0 Å². The van der Waals surface area contributed by atoms with Gasteiger partial charge in [0.15, 0.2) is 5.78 Å². The van der Waals surface area contributed by atoms with E-state index >= 15 is 0 Å². The standard InChI is InChI=1S/C22H20ClNO3/c1-13-5-8-15(11-18(13)23)24-19-3-2-4-20(26)22(19)17(12-21(24)27)14-6-9-16(25)10-7-14/h5-11,17,25H,2-4,12H2,1H3. The fourth-order valence-corrected chi connectivity index (χ4v) is 4.18. The van der Waals surface area contributed by atoms with Crippen LogP contribution in [0.15, 0.2) is 53.7 Å². The Balaban J connectivity index is 1.85. The van der Waals surface area contributed by atoms with Crippen molar-refractivity contribution in [3.8, 4) is 5.75 Å².